The number of carboxylic acids is 1. The quantitative estimate of drug-likeness (QED) is 0.347. The molecule has 0 atom stereocenters. The Bertz CT molecular complexity index is 1070. The van der Waals surface area contributed by atoms with E-state index >= 15 is 0 Å². The monoisotopic (exact) mass is 479 g/mol. The number of rotatable bonds is 9. The number of benzene rings is 3. The molecule has 0 aromatic heterocycles. The van der Waals surface area contributed by atoms with Crippen molar-refractivity contribution in [2.45, 2.75) is 20.1 Å². The predicted octanol–water partition coefficient (Wildman–Crippen LogP) is 6.93. The fourth-order valence-corrected chi connectivity index (χ4v) is 3.64. The molecule has 0 radical (unpaired) electrons. The molecule has 0 aliphatic carbocycles. The Hall–Kier alpha value is -2.60. The second kappa shape index (κ2) is 10.6. The van der Waals surface area contributed by atoms with Gasteiger partial charge in [0.05, 0.1) is 17.2 Å². The van der Waals surface area contributed by atoms with Crippen molar-refractivity contribution < 1.29 is 19.4 Å². The zero-order valence-electron chi connectivity index (χ0n) is 16.6. The molecule has 0 unspecified atom stereocenters. The molecule has 0 aliphatic heterocycles. The lowest BCUT2D eigenvalue weighted by Gasteiger charge is -2.15. The number of hydrogen-bond donors (Lipinski definition) is 2. The van der Waals surface area contributed by atoms with Crippen molar-refractivity contribution in [3.63, 3.8) is 0 Å². The minimum atomic E-state index is -1.06. The molecular formula is C23H20Cl3NO4. The molecule has 0 amide bonds. The van der Waals surface area contributed by atoms with Crippen molar-refractivity contribution in [3.05, 3.63) is 86.4 Å². The summed E-state index contributed by atoms with van der Waals surface area (Å²) >= 11 is 18.5. The highest BCUT2D eigenvalue weighted by Gasteiger charge is 2.12. The minimum Gasteiger partial charge on any atom is -0.490 e. The van der Waals surface area contributed by atoms with Crippen LogP contribution in [0.2, 0.25) is 15.1 Å². The van der Waals surface area contributed by atoms with E-state index in [0.717, 1.165) is 5.56 Å². The van der Waals surface area contributed by atoms with E-state index in [4.69, 9.17) is 49.4 Å². The summed E-state index contributed by atoms with van der Waals surface area (Å²) < 4.78 is 11.7. The van der Waals surface area contributed by atoms with Crippen LogP contribution in [0.4, 0.5) is 5.69 Å². The van der Waals surface area contributed by atoms with Crippen molar-refractivity contribution in [3.8, 4) is 11.5 Å². The number of carboxylic acid groups (broad SMARTS) is 1. The molecule has 0 aliphatic rings. The Labute approximate surface area is 195 Å². The van der Waals surface area contributed by atoms with Gasteiger partial charge in [0.15, 0.2) is 11.5 Å². The van der Waals surface area contributed by atoms with Gasteiger partial charge in [-0.1, -0.05) is 46.9 Å². The molecule has 5 nitrogen and oxygen atoms in total. The first kappa shape index (κ1) is 23.1. The molecule has 0 spiro atoms. The van der Waals surface area contributed by atoms with Gasteiger partial charge in [0, 0.05) is 27.8 Å². The molecule has 3 aromatic carbocycles. The van der Waals surface area contributed by atoms with E-state index < -0.39 is 5.97 Å². The fraction of sp³-hybridized carbons (Fsp3) is 0.174. The third kappa shape index (κ3) is 5.97. The van der Waals surface area contributed by atoms with Gasteiger partial charge in [0.2, 0.25) is 0 Å². The van der Waals surface area contributed by atoms with Crippen LogP contribution in [-0.2, 0) is 13.2 Å². The zero-order valence-corrected chi connectivity index (χ0v) is 18.9. The Kier molecular flexibility index (Phi) is 7.91. The summed E-state index contributed by atoms with van der Waals surface area (Å²) in [5.41, 5.74) is 2.43. The van der Waals surface area contributed by atoms with Crippen molar-refractivity contribution in [2.24, 2.45) is 0 Å². The van der Waals surface area contributed by atoms with Crippen LogP contribution in [0.1, 0.15) is 28.4 Å². The lowest BCUT2D eigenvalue weighted by Crippen LogP contribution is -2.04. The Morgan fingerprint density at radius 3 is 2.32 bits per heavy atom. The minimum absolute atomic E-state index is 0.0611. The molecule has 0 fully saturated rings. The zero-order chi connectivity index (χ0) is 22.4. The van der Waals surface area contributed by atoms with Crippen molar-refractivity contribution in [1.29, 1.82) is 0 Å². The van der Waals surface area contributed by atoms with E-state index in [-0.39, 0.29) is 17.2 Å². The van der Waals surface area contributed by atoms with Gasteiger partial charge in [-0.2, -0.15) is 0 Å². The maximum atomic E-state index is 11.1. The highest BCUT2D eigenvalue weighted by Crippen LogP contribution is 2.32. The Morgan fingerprint density at radius 1 is 0.935 bits per heavy atom. The first-order valence-electron chi connectivity index (χ1n) is 9.47. The van der Waals surface area contributed by atoms with Gasteiger partial charge < -0.3 is 19.9 Å². The first-order chi connectivity index (χ1) is 14.9. The molecule has 3 aromatic rings. The van der Waals surface area contributed by atoms with Gasteiger partial charge in [-0.05, 0) is 55.0 Å². The molecule has 0 saturated heterocycles. The predicted molar refractivity (Wildman–Crippen MR) is 124 cm³/mol. The molecular weight excluding hydrogens is 461 g/mol. The number of aromatic carboxylic acids is 1. The van der Waals surface area contributed by atoms with Gasteiger partial charge >= 0.3 is 5.97 Å². The maximum Gasteiger partial charge on any atom is 0.337 e. The molecule has 162 valence electrons. The highest BCUT2D eigenvalue weighted by molar-refractivity contribution is 6.36. The number of anilines is 1. The van der Waals surface area contributed by atoms with Gasteiger partial charge in [-0.15, -0.1) is 0 Å². The fourth-order valence-electron chi connectivity index (χ4n) is 2.87. The third-order valence-electron chi connectivity index (χ3n) is 4.44. The lowest BCUT2D eigenvalue weighted by molar-refractivity contribution is 0.0697. The van der Waals surface area contributed by atoms with E-state index in [1.165, 1.54) is 6.07 Å². The van der Waals surface area contributed by atoms with Crippen LogP contribution in [0.3, 0.4) is 0 Å². The van der Waals surface area contributed by atoms with Crippen molar-refractivity contribution >= 4 is 46.5 Å². The third-order valence-corrected chi connectivity index (χ3v) is 5.46. The largest absolute Gasteiger partial charge is 0.490 e. The van der Waals surface area contributed by atoms with Crippen LogP contribution in [-0.4, -0.2) is 17.7 Å². The number of halogens is 3. The average molecular weight is 481 g/mol. The van der Waals surface area contributed by atoms with E-state index in [1.807, 2.05) is 25.1 Å². The Balaban J connectivity index is 1.71. The summed E-state index contributed by atoms with van der Waals surface area (Å²) in [7, 11) is 0. The molecule has 0 saturated carbocycles. The van der Waals surface area contributed by atoms with Gasteiger partial charge in [-0.3, -0.25) is 0 Å². The maximum absolute atomic E-state index is 11.1. The second-order valence-corrected chi connectivity index (χ2v) is 7.78. The van der Waals surface area contributed by atoms with Crippen LogP contribution in [0.5, 0.6) is 11.5 Å². The summed E-state index contributed by atoms with van der Waals surface area (Å²) in [6.45, 7) is 3.07. The number of carbonyl (C=O) groups is 1. The number of hydrogen-bond acceptors (Lipinski definition) is 4. The smallest absolute Gasteiger partial charge is 0.337 e. The Morgan fingerprint density at radius 2 is 1.68 bits per heavy atom. The van der Waals surface area contributed by atoms with E-state index in [2.05, 4.69) is 5.32 Å². The van der Waals surface area contributed by atoms with Crippen molar-refractivity contribution in [2.75, 3.05) is 11.9 Å². The van der Waals surface area contributed by atoms with E-state index in [0.29, 0.717) is 45.9 Å². The summed E-state index contributed by atoms with van der Waals surface area (Å²) in [5.74, 6) is 0.117. The number of ether oxygens (including phenoxy) is 2. The van der Waals surface area contributed by atoms with Gasteiger partial charge in [0.25, 0.3) is 0 Å². The topological polar surface area (TPSA) is 67.8 Å². The highest BCUT2D eigenvalue weighted by atomic mass is 35.5. The second-order valence-electron chi connectivity index (χ2n) is 6.56. The molecule has 0 heterocycles. The number of nitrogens with one attached hydrogen (secondary N) is 1. The van der Waals surface area contributed by atoms with Crippen LogP contribution in [0, 0.1) is 0 Å². The van der Waals surface area contributed by atoms with E-state index in [9.17, 15) is 4.79 Å². The van der Waals surface area contributed by atoms with Gasteiger partial charge in [-0.25, -0.2) is 4.79 Å². The molecule has 8 heteroatoms. The normalized spacial score (nSPS) is 10.6. The molecule has 2 N–H and O–H groups in total. The van der Waals surface area contributed by atoms with E-state index in [1.54, 1.807) is 30.3 Å². The van der Waals surface area contributed by atoms with Crippen LogP contribution >= 0.6 is 34.8 Å². The summed E-state index contributed by atoms with van der Waals surface area (Å²) in [6, 6.07) is 15.6. The SMILES string of the molecule is CCOc1cc(CNc2ccc(C(=O)O)c(Cl)c2)ccc1OCc1c(Cl)cccc1Cl. The van der Waals surface area contributed by atoms with Gasteiger partial charge in [0.1, 0.15) is 6.61 Å². The van der Waals surface area contributed by atoms with Crippen LogP contribution in [0.15, 0.2) is 54.6 Å². The lowest BCUT2D eigenvalue weighted by atomic mass is 10.1. The van der Waals surface area contributed by atoms with Crippen LogP contribution < -0.4 is 14.8 Å². The first-order valence-corrected chi connectivity index (χ1v) is 10.6. The summed E-state index contributed by atoms with van der Waals surface area (Å²) in [5, 5.41) is 13.6. The summed E-state index contributed by atoms with van der Waals surface area (Å²) in [6.07, 6.45) is 0. The molecule has 0 bridgehead atoms. The average Bonchev–Trinajstić information content (AvgIpc) is 2.73. The molecule has 3 rings (SSSR count). The molecule has 31 heavy (non-hydrogen) atoms. The standard InChI is InChI=1S/C23H20Cl3NO4/c1-2-30-22-10-14(12-27-15-7-8-16(23(28)29)20(26)11-15)6-9-21(22)31-13-17-18(24)4-3-5-19(17)25/h3-11,27H,2,12-13H2,1H3,(H,28,29). The van der Waals surface area contributed by atoms with Crippen molar-refractivity contribution in [1.82, 2.24) is 0 Å². The summed E-state index contributed by atoms with van der Waals surface area (Å²) in [4.78, 5) is 11.1. The van der Waals surface area contributed by atoms with Crippen LogP contribution in [0.25, 0.3) is 0 Å².